The number of rotatable bonds is 4. The molecule has 0 spiro atoms. The van der Waals surface area contributed by atoms with Gasteiger partial charge in [0.2, 0.25) is 0 Å². The lowest BCUT2D eigenvalue weighted by Crippen LogP contribution is -2.36. The van der Waals surface area contributed by atoms with E-state index in [1.54, 1.807) is 18.2 Å². The number of esters is 1. The number of carbonyl (C=O) groups excluding carboxylic acids is 1. The van der Waals surface area contributed by atoms with Crippen molar-refractivity contribution >= 4 is 22.7 Å². The van der Waals surface area contributed by atoms with E-state index in [0.29, 0.717) is 11.7 Å². The second-order valence-corrected chi connectivity index (χ2v) is 8.47. The van der Waals surface area contributed by atoms with Crippen molar-refractivity contribution in [1.82, 2.24) is 0 Å². The highest BCUT2D eigenvalue weighted by Gasteiger charge is 2.39. The van der Waals surface area contributed by atoms with Gasteiger partial charge in [0.15, 0.2) is 0 Å². The second kappa shape index (κ2) is 7.94. The Balaban J connectivity index is 1.79. The van der Waals surface area contributed by atoms with E-state index in [9.17, 15) is 14.7 Å². The number of fused-ring (bicyclic) bond motifs is 1. The monoisotopic (exact) mass is 402 g/mol. The molecule has 0 aliphatic heterocycles. The van der Waals surface area contributed by atoms with Gasteiger partial charge in [0, 0.05) is 10.8 Å². The van der Waals surface area contributed by atoms with Gasteiger partial charge in [-0.15, -0.1) is 0 Å². The molecule has 0 radical (unpaired) electrons. The number of hydrogen-bond acceptors (Lipinski definition) is 3. The van der Waals surface area contributed by atoms with Gasteiger partial charge in [-0.25, -0.2) is 0 Å². The molecule has 4 rings (SSSR count). The summed E-state index contributed by atoms with van der Waals surface area (Å²) in [5.41, 5.74) is 0.0761. The van der Waals surface area contributed by atoms with Crippen LogP contribution in [0.4, 0.5) is 0 Å². The second-order valence-electron chi connectivity index (χ2n) is 8.47. The number of carboxylic acid groups (broad SMARTS) is 1. The van der Waals surface area contributed by atoms with Crippen LogP contribution in [0.25, 0.3) is 10.8 Å². The van der Waals surface area contributed by atoms with E-state index in [0.717, 1.165) is 29.2 Å². The summed E-state index contributed by atoms with van der Waals surface area (Å²) in [5, 5.41) is 11.5. The van der Waals surface area contributed by atoms with Crippen LogP contribution in [-0.4, -0.2) is 17.0 Å². The average molecular weight is 402 g/mol. The summed E-state index contributed by atoms with van der Waals surface area (Å²) in [6, 6.07) is 11.4. The number of allylic oxidation sites excluding steroid dienone is 4. The van der Waals surface area contributed by atoms with Gasteiger partial charge in [-0.3, -0.25) is 9.59 Å². The fourth-order valence-corrected chi connectivity index (χ4v) is 4.51. The molecular weight excluding hydrogens is 376 g/mol. The van der Waals surface area contributed by atoms with Crippen LogP contribution in [-0.2, 0) is 15.0 Å². The Kier molecular flexibility index (Phi) is 5.33. The molecule has 4 unspecified atom stereocenters. The Morgan fingerprint density at radius 2 is 1.80 bits per heavy atom. The zero-order chi connectivity index (χ0) is 21.3. The highest BCUT2D eigenvalue weighted by Crippen LogP contribution is 2.43. The molecule has 0 amide bonds. The normalized spacial score (nSPS) is 27.9. The first kappa shape index (κ1) is 20.1. The molecular formula is C26H26O4. The number of hydrogen-bond donors (Lipinski definition) is 1. The van der Waals surface area contributed by atoms with E-state index in [-0.39, 0.29) is 11.9 Å². The fourth-order valence-electron chi connectivity index (χ4n) is 4.51. The van der Waals surface area contributed by atoms with Crippen molar-refractivity contribution in [3.63, 3.8) is 0 Å². The van der Waals surface area contributed by atoms with Gasteiger partial charge in [-0.05, 0) is 35.8 Å². The molecule has 154 valence electrons. The Bertz CT molecular complexity index is 1070. The SMILES string of the molecule is CC1C=CC(C(=O)Oc2cccc3cccc(C4(C)C=CC=CC4C(=O)O)c23)CC1. The lowest BCUT2D eigenvalue weighted by Gasteiger charge is -2.34. The molecule has 4 heteroatoms. The molecule has 1 N–H and O–H groups in total. The van der Waals surface area contributed by atoms with Gasteiger partial charge in [-0.1, -0.05) is 80.6 Å². The molecule has 4 atom stereocenters. The van der Waals surface area contributed by atoms with Gasteiger partial charge >= 0.3 is 11.9 Å². The summed E-state index contributed by atoms with van der Waals surface area (Å²) in [4.78, 5) is 24.9. The van der Waals surface area contributed by atoms with Crippen LogP contribution in [0.5, 0.6) is 5.75 Å². The van der Waals surface area contributed by atoms with E-state index in [4.69, 9.17) is 4.74 Å². The Labute approximate surface area is 176 Å². The molecule has 2 aliphatic rings. The quantitative estimate of drug-likeness (QED) is 0.421. The van der Waals surface area contributed by atoms with Crippen molar-refractivity contribution in [2.45, 2.75) is 32.1 Å². The first-order chi connectivity index (χ1) is 14.4. The van der Waals surface area contributed by atoms with Crippen LogP contribution in [0, 0.1) is 17.8 Å². The predicted molar refractivity (Wildman–Crippen MR) is 117 cm³/mol. The minimum absolute atomic E-state index is 0.247. The maximum absolute atomic E-state index is 12.9. The molecule has 0 fully saturated rings. The molecule has 2 aromatic rings. The van der Waals surface area contributed by atoms with Gasteiger partial charge in [-0.2, -0.15) is 0 Å². The molecule has 0 saturated carbocycles. The molecule has 2 aromatic carbocycles. The first-order valence-corrected chi connectivity index (χ1v) is 10.4. The lowest BCUT2D eigenvalue weighted by molar-refractivity contribution is -0.141. The smallest absolute Gasteiger partial charge is 0.318 e. The van der Waals surface area contributed by atoms with Crippen LogP contribution >= 0.6 is 0 Å². The number of benzene rings is 2. The zero-order valence-electron chi connectivity index (χ0n) is 17.2. The summed E-state index contributed by atoms with van der Waals surface area (Å²) < 4.78 is 5.89. The lowest BCUT2D eigenvalue weighted by atomic mass is 9.68. The molecule has 0 bridgehead atoms. The molecule has 30 heavy (non-hydrogen) atoms. The van der Waals surface area contributed by atoms with Crippen LogP contribution < -0.4 is 4.74 Å². The molecule has 4 nitrogen and oxygen atoms in total. The number of aliphatic carboxylic acids is 1. The predicted octanol–water partition coefficient (Wildman–Crippen LogP) is 5.43. The Morgan fingerprint density at radius 1 is 1.03 bits per heavy atom. The Hall–Kier alpha value is -3.14. The summed E-state index contributed by atoms with van der Waals surface area (Å²) >= 11 is 0. The minimum atomic E-state index is -0.883. The van der Waals surface area contributed by atoms with E-state index in [1.165, 1.54) is 0 Å². The van der Waals surface area contributed by atoms with E-state index in [2.05, 4.69) is 13.0 Å². The summed E-state index contributed by atoms with van der Waals surface area (Å²) in [7, 11) is 0. The molecule has 2 aliphatic carbocycles. The average Bonchev–Trinajstić information content (AvgIpc) is 2.74. The molecule has 0 saturated heterocycles. The minimum Gasteiger partial charge on any atom is -0.481 e. The van der Waals surface area contributed by atoms with E-state index in [1.807, 2.05) is 55.5 Å². The maximum atomic E-state index is 12.9. The van der Waals surface area contributed by atoms with Crippen molar-refractivity contribution in [2.75, 3.05) is 0 Å². The highest BCUT2D eigenvalue weighted by atomic mass is 16.5. The standard InChI is InChI=1S/C26H26O4/c1-17-12-14-19(15-13-17)25(29)30-22-11-6-8-18-7-5-10-20(23(18)22)26(2)16-4-3-9-21(26)24(27)28/h3-12,14,16-17,19,21H,13,15H2,1-2H3,(H,27,28). The molecule has 0 heterocycles. The Morgan fingerprint density at radius 3 is 2.50 bits per heavy atom. The number of carboxylic acids is 1. The van der Waals surface area contributed by atoms with Gasteiger partial charge in [0.05, 0.1) is 11.8 Å². The van der Waals surface area contributed by atoms with Crippen molar-refractivity contribution in [3.8, 4) is 5.75 Å². The van der Waals surface area contributed by atoms with Crippen molar-refractivity contribution in [3.05, 3.63) is 78.4 Å². The zero-order valence-corrected chi connectivity index (χ0v) is 17.2. The third-order valence-electron chi connectivity index (χ3n) is 6.33. The maximum Gasteiger partial charge on any atom is 0.318 e. The van der Waals surface area contributed by atoms with Crippen molar-refractivity contribution in [1.29, 1.82) is 0 Å². The van der Waals surface area contributed by atoms with Crippen LogP contribution in [0.2, 0.25) is 0 Å². The van der Waals surface area contributed by atoms with Crippen LogP contribution in [0.3, 0.4) is 0 Å². The highest BCUT2D eigenvalue weighted by molar-refractivity contribution is 5.95. The topological polar surface area (TPSA) is 63.6 Å². The van der Waals surface area contributed by atoms with Gasteiger partial charge in [0.25, 0.3) is 0 Å². The third kappa shape index (κ3) is 3.58. The van der Waals surface area contributed by atoms with Gasteiger partial charge in [0.1, 0.15) is 5.75 Å². The summed E-state index contributed by atoms with van der Waals surface area (Å²) in [6.45, 7) is 4.06. The fraction of sp³-hybridized carbons (Fsp3) is 0.308. The van der Waals surface area contributed by atoms with Crippen LogP contribution in [0.1, 0.15) is 32.3 Å². The number of carbonyl (C=O) groups is 2. The van der Waals surface area contributed by atoms with Gasteiger partial charge < -0.3 is 9.84 Å². The van der Waals surface area contributed by atoms with E-state index < -0.39 is 17.3 Å². The summed E-state index contributed by atoms with van der Waals surface area (Å²) in [6.07, 6.45) is 13.0. The third-order valence-corrected chi connectivity index (χ3v) is 6.33. The summed E-state index contributed by atoms with van der Waals surface area (Å²) in [5.74, 6) is -1.14. The van der Waals surface area contributed by atoms with Crippen LogP contribution in [0.15, 0.2) is 72.9 Å². The first-order valence-electron chi connectivity index (χ1n) is 10.4. The largest absolute Gasteiger partial charge is 0.481 e. The van der Waals surface area contributed by atoms with Crippen molar-refractivity contribution < 1.29 is 19.4 Å². The van der Waals surface area contributed by atoms with E-state index >= 15 is 0 Å². The van der Waals surface area contributed by atoms with Crippen molar-refractivity contribution in [2.24, 2.45) is 17.8 Å². The molecule has 0 aromatic heterocycles. The number of ether oxygens (including phenoxy) is 1.